The van der Waals surface area contributed by atoms with Crippen LogP contribution in [0.25, 0.3) is 0 Å². The van der Waals surface area contributed by atoms with Crippen LogP contribution in [-0.2, 0) is 28.5 Å². The maximum absolute atomic E-state index is 13.1. The monoisotopic (exact) mass is 701 g/mol. The Balaban J connectivity index is 2.82. The van der Waals surface area contributed by atoms with Gasteiger partial charge in [0.05, 0.1) is 45.1 Å². The second-order valence-corrected chi connectivity index (χ2v) is 14.9. The molecule has 0 aliphatic carbocycles. The second kappa shape index (κ2) is 30.8. The first-order valence-corrected chi connectivity index (χ1v) is 20.4. The van der Waals surface area contributed by atoms with Gasteiger partial charge in [-0.3, -0.25) is 9.69 Å². The third kappa shape index (κ3) is 23.4. The number of hydrogen-bond acceptors (Lipinski definition) is 9. The van der Waals surface area contributed by atoms with Gasteiger partial charge in [0, 0.05) is 59.0 Å². The number of hydrogen-bond donors (Lipinski definition) is 1. The van der Waals surface area contributed by atoms with Crippen molar-refractivity contribution in [1.82, 2.24) is 9.80 Å². The average Bonchev–Trinajstić information content (AvgIpc) is 3.11. The Bertz CT molecular complexity index is 728. The van der Waals surface area contributed by atoms with E-state index in [9.17, 15) is 4.79 Å². The highest BCUT2D eigenvalue weighted by Gasteiger charge is 2.35. The number of carbonyl (C=O) groups excluding carboxylic acids is 1. The van der Waals surface area contributed by atoms with Crippen LogP contribution in [0.1, 0.15) is 125 Å². The van der Waals surface area contributed by atoms with E-state index in [0.29, 0.717) is 63.8 Å². The Hall–Kier alpha value is -0.810. The van der Waals surface area contributed by atoms with Crippen molar-refractivity contribution in [3.05, 3.63) is 0 Å². The molecule has 0 spiro atoms. The molecule has 3 unspecified atom stereocenters. The lowest BCUT2D eigenvalue weighted by Gasteiger charge is -2.35. The van der Waals surface area contributed by atoms with E-state index in [1.54, 1.807) is 0 Å². The standard InChI is InChI=1S/C40H80N2O7/c1-7-12-16-36(6)29-46-32-40(33-47-30-37(10-4)17-13-8-2,34-48-31-38(11-5)18-14-9-3)35-49-39(44)19-15-20-41-21-23-42(24-22-41)25-27-45-28-26-43/h36-38,43H,7-35H2,1-6H3. The van der Waals surface area contributed by atoms with E-state index >= 15 is 0 Å². The lowest BCUT2D eigenvalue weighted by Crippen LogP contribution is -2.47. The molecule has 9 nitrogen and oxygen atoms in total. The number of rotatable bonds is 34. The van der Waals surface area contributed by atoms with Gasteiger partial charge in [0.2, 0.25) is 0 Å². The summed E-state index contributed by atoms with van der Waals surface area (Å²) in [6.45, 7) is 24.2. The Kier molecular flexibility index (Phi) is 29.0. The molecule has 1 N–H and O–H groups in total. The summed E-state index contributed by atoms with van der Waals surface area (Å²) in [6.07, 6.45) is 14.2. The van der Waals surface area contributed by atoms with Gasteiger partial charge in [0.25, 0.3) is 0 Å². The van der Waals surface area contributed by atoms with Gasteiger partial charge in [0.1, 0.15) is 6.61 Å². The number of unbranched alkanes of at least 4 members (excludes halogenated alkanes) is 3. The van der Waals surface area contributed by atoms with E-state index in [-0.39, 0.29) is 19.2 Å². The molecule has 0 aromatic heterocycles. The minimum Gasteiger partial charge on any atom is -0.465 e. The first-order chi connectivity index (χ1) is 23.8. The molecule has 9 heteroatoms. The highest BCUT2D eigenvalue weighted by molar-refractivity contribution is 5.69. The van der Waals surface area contributed by atoms with Crippen molar-refractivity contribution in [3.8, 4) is 0 Å². The van der Waals surface area contributed by atoms with Crippen LogP contribution < -0.4 is 0 Å². The predicted molar refractivity (Wildman–Crippen MR) is 201 cm³/mol. The molecule has 1 rings (SSSR count). The van der Waals surface area contributed by atoms with Crippen molar-refractivity contribution in [1.29, 1.82) is 0 Å². The van der Waals surface area contributed by atoms with Gasteiger partial charge in [-0.05, 0) is 50.0 Å². The topological polar surface area (TPSA) is 89.9 Å². The van der Waals surface area contributed by atoms with Crippen LogP contribution in [0.2, 0.25) is 0 Å². The average molecular weight is 701 g/mol. The molecule has 0 saturated carbocycles. The molecule has 0 radical (unpaired) electrons. The van der Waals surface area contributed by atoms with Crippen LogP contribution in [0.3, 0.4) is 0 Å². The fourth-order valence-corrected chi connectivity index (χ4v) is 6.39. The number of piperazine rings is 1. The maximum Gasteiger partial charge on any atom is 0.305 e. The van der Waals surface area contributed by atoms with E-state index in [1.165, 1.54) is 51.4 Å². The summed E-state index contributed by atoms with van der Waals surface area (Å²) in [6, 6.07) is 0. The zero-order valence-electron chi connectivity index (χ0n) is 33.0. The van der Waals surface area contributed by atoms with Crippen LogP contribution in [0, 0.1) is 23.2 Å². The number of ether oxygens (including phenoxy) is 5. The molecule has 0 bridgehead atoms. The second-order valence-electron chi connectivity index (χ2n) is 14.9. The molecule has 0 aromatic carbocycles. The van der Waals surface area contributed by atoms with Crippen LogP contribution in [0.5, 0.6) is 0 Å². The van der Waals surface area contributed by atoms with Gasteiger partial charge in [-0.1, -0.05) is 92.9 Å². The largest absolute Gasteiger partial charge is 0.465 e. The highest BCUT2D eigenvalue weighted by Crippen LogP contribution is 2.25. The Morgan fingerprint density at radius 1 is 0.653 bits per heavy atom. The number of carbonyl (C=O) groups is 1. The van der Waals surface area contributed by atoms with Gasteiger partial charge in [-0.25, -0.2) is 0 Å². The molecule has 1 fully saturated rings. The number of aliphatic hydroxyl groups excluding tert-OH is 1. The molecule has 49 heavy (non-hydrogen) atoms. The summed E-state index contributed by atoms with van der Waals surface area (Å²) in [5.74, 6) is 1.41. The maximum atomic E-state index is 13.1. The minimum atomic E-state index is -0.538. The van der Waals surface area contributed by atoms with Gasteiger partial charge >= 0.3 is 5.97 Å². The minimum absolute atomic E-state index is 0.0714. The van der Waals surface area contributed by atoms with Gasteiger partial charge in [-0.15, -0.1) is 0 Å². The van der Waals surface area contributed by atoms with Crippen molar-refractivity contribution in [2.75, 3.05) is 105 Å². The normalized spacial score (nSPS) is 17.5. The summed E-state index contributed by atoms with van der Waals surface area (Å²) in [5, 5.41) is 8.88. The molecule has 0 aromatic rings. The first kappa shape index (κ1) is 46.2. The van der Waals surface area contributed by atoms with Crippen LogP contribution >= 0.6 is 0 Å². The highest BCUT2D eigenvalue weighted by atomic mass is 16.5. The van der Waals surface area contributed by atoms with Crippen molar-refractivity contribution in [2.24, 2.45) is 23.2 Å². The molecular formula is C40H80N2O7. The van der Waals surface area contributed by atoms with E-state index in [2.05, 4.69) is 51.3 Å². The number of nitrogens with zero attached hydrogens (tertiary/aromatic N) is 2. The molecule has 1 aliphatic heterocycles. The molecule has 0 amide bonds. The number of aliphatic hydroxyl groups is 1. The smallest absolute Gasteiger partial charge is 0.305 e. The quantitative estimate of drug-likeness (QED) is 0.0552. The van der Waals surface area contributed by atoms with Crippen molar-refractivity contribution in [3.63, 3.8) is 0 Å². The summed E-state index contributed by atoms with van der Waals surface area (Å²) >= 11 is 0. The SMILES string of the molecule is CCCCC(C)COCC(COCC(CC)CCCC)(COCC(CC)CCCC)COC(=O)CCCN1CCN(CCOCCO)CC1. The molecule has 292 valence electrons. The van der Waals surface area contributed by atoms with Gasteiger partial charge in [-0.2, -0.15) is 0 Å². The molecule has 1 aliphatic rings. The summed E-state index contributed by atoms with van der Waals surface area (Å²) in [4.78, 5) is 18.0. The van der Waals surface area contributed by atoms with E-state index in [1.807, 2.05) is 0 Å². The van der Waals surface area contributed by atoms with Crippen molar-refractivity contribution in [2.45, 2.75) is 125 Å². The van der Waals surface area contributed by atoms with Crippen molar-refractivity contribution < 1.29 is 33.6 Å². The fraction of sp³-hybridized carbons (Fsp3) is 0.975. The molecular weight excluding hydrogens is 620 g/mol. The molecule has 1 saturated heterocycles. The zero-order valence-corrected chi connectivity index (χ0v) is 33.0. The Labute approximate surface area is 302 Å². The summed E-state index contributed by atoms with van der Waals surface area (Å²) in [5.41, 5.74) is -0.538. The number of esters is 1. The van der Waals surface area contributed by atoms with E-state index in [0.717, 1.165) is 78.2 Å². The predicted octanol–water partition coefficient (Wildman–Crippen LogP) is 7.23. The Morgan fingerprint density at radius 3 is 1.67 bits per heavy atom. The first-order valence-electron chi connectivity index (χ1n) is 20.4. The van der Waals surface area contributed by atoms with Gasteiger partial charge < -0.3 is 33.7 Å². The summed E-state index contributed by atoms with van der Waals surface area (Å²) in [7, 11) is 0. The Morgan fingerprint density at radius 2 is 1.16 bits per heavy atom. The molecule has 3 atom stereocenters. The lowest BCUT2D eigenvalue weighted by molar-refractivity contribution is -0.157. The summed E-state index contributed by atoms with van der Waals surface area (Å²) < 4.78 is 30.8. The van der Waals surface area contributed by atoms with E-state index < -0.39 is 5.41 Å². The van der Waals surface area contributed by atoms with E-state index in [4.69, 9.17) is 28.8 Å². The lowest BCUT2D eigenvalue weighted by atomic mass is 9.91. The molecule has 1 heterocycles. The van der Waals surface area contributed by atoms with Gasteiger partial charge in [0.15, 0.2) is 0 Å². The zero-order chi connectivity index (χ0) is 36.0. The van der Waals surface area contributed by atoms with Crippen molar-refractivity contribution >= 4 is 5.97 Å². The third-order valence-corrected chi connectivity index (χ3v) is 10.1. The third-order valence-electron chi connectivity index (χ3n) is 10.1. The fourth-order valence-electron chi connectivity index (χ4n) is 6.39. The van der Waals surface area contributed by atoms with Crippen LogP contribution in [-0.4, -0.2) is 126 Å². The van der Waals surface area contributed by atoms with Crippen LogP contribution in [0.15, 0.2) is 0 Å². The van der Waals surface area contributed by atoms with Crippen LogP contribution in [0.4, 0.5) is 0 Å².